The Hall–Kier alpha value is -0.570. The first-order valence-corrected chi connectivity index (χ1v) is 4.87. The van der Waals surface area contributed by atoms with Gasteiger partial charge in [-0.15, -0.1) is 0 Å². The van der Waals surface area contributed by atoms with Crippen LogP contribution in [0.3, 0.4) is 0 Å². The van der Waals surface area contributed by atoms with Gasteiger partial charge in [0.25, 0.3) is 0 Å². The second-order valence-electron chi connectivity index (χ2n) is 4.27. The molecule has 0 amide bonds. The number of carbonyl (C=O) groups is 1. The van der Waals surface area contributed by atoms with Crippen LogP contribution in [0, 0.1) is 5.92 Å². The van der Waals surface area contributed by atoms with Gasteiger partial charge in [0.15, 0.2) is 0 Å². The van der Waals surface area contributed by atoms with E-state index in [0.717, 1.165) is 0 Å². The van der Waals surface area contributed by atoms with Crippen LogP contribution < -0.4 is 5.32 Å². The number of hydrogen-bond acceptors (Lipinski definition) is 3. The molecule has 1 unspecified atom stereocenters. The molecule has 1 saturated carbocycles. The van der Waals surface area contributed by atoms with Gasteiger partial charge in [-0.2, -0.15) is 0 Å². The van der Waals surface area contributed by atoms with Crippen molar-refractivity contribution in [3.8, 4) is 0 Å². The minimum absolute atomic E-state index is 0.158. The van der Waals surface area contributed by atoms with Crippen molar-refractivity contribution in [1.82, 2.24) is 5.32 Å². The highest BCUT2D eigenvalue weighted by Gasteiger charge is 2.41. The summed E-state index contributed by atoms with van der Waals surface area (Å²) in [5.41, 5.74) is -0.518. The van der Waals surface area contributed by atoms with Gasteiger partial charge in [0.1, 0.15) is 5.54 Å². The molecule has 0 bridgehead atoms. The summed E-state index contributed by atoms with van der Waals surface area (Å²) in [6.07, 6.45) is 2.36. The van der Waals surface area contributed by atoms with E-state index in [2.05, 4.69) is 5.32 Å². The van der Waals surface area contributed by atoms with Gasteiger partial charge in [-0.05, 0) is 25.7 Å². The molecule has 0 aromatic heterocycles. The number of methoxy groups -OCH3 is 1. The molecule has 13 heavy (non-hydrogen) atoms. The predicted octanol–water partition coefficient (Wildman–Crippen LogP) is 1.33. The van der Waals surface area contributed by atoms with Crippen LogP contribution in [0.2, 0.25) is 0 Å². The number of ether oxygens (including phenoxy) is 1. The first kappa shape index (κ1) is 10.5. The molecule has 0 heterocycles. The first-order valence-electron chi connectivity index (χ1n) is 4.87. The van der Waals surface area contributed by atoms with Gasteiger partial charge in [0, 0.05) is 6.04 Å². The molecule has 0 saturated heterocycles. The Bertz CT molecular complexity index is 199. The largest absolute Gasteiger partial charge is 0.468 e. The lowest BCUT2D eigenvalue weighted by Gasteiger charge is -2.31. The van der Waals surface area contributed by atoms with Crippen molar-refractivity contribution >= 4 is 5.97 Å². The molecule has 76 valence electrons. The minimum atomic E-state index is -0.518. The van der Waals surface area contributed by atoms with Crippen molar-refractivity contribution in [2.24, 2.45) is 5.92 Å². The molecule has 1 atom stereocenters. The normalized spacial score (nSPS) is 21.3. The van der Waals surface area contributed by atoms with E-state index in [1.54, 1.807) is 0 Å². The molecule has 1 fully saturated rings. The molecular weight excluding hydrogens is 166 g/mol. The fourth-order valence-corrected chi connectivity index (χ4v) is 1.33. The molecule has 0 spiro atoms. The van der Waals surface area contributed by atoms with Crippen LogP contribution in [-0.4, -0.2) is 24.7 Å². The molecule has 0 aliphatic heterocycles. The zero-order valence-electron chi connectivity index (χ0n) is 8.89. The van der Waals surface area contributed by atoms with E-state index < -0.39 is 5.54 Å². The highest BCUT2D eigenvalue weighted by atomic mass is 16.5. The summed E-state index contributed by atoms with van der Waals surface area (Å²) in [4.78, 5) is 11.6. The molecule has 0 aromatic carbocycles. The van der Waals surface area contributed by atoms with E-state index in [-0.39, 0.29) is 11.9 Å². The second kappa shape index (κ2) is 3.66. The molecule has 1 aliphatic rings. The van der Waals surface area contributed by atoms with Crippen LogP contribution in [0.1, 0.15) is 33.6 Å². The third kappa shape index (κ3) is 2.21. The Balaban J connectivity index is 2.65. The van der Waals surface area contributed by atoms with E-state index >= 15 is 0 Å². The summed E-state index contributed by atoms with van der Waals surface area (Å²) in [6, 6.07) is 0.520. The number of carbonyl (C=O) groups excluding carboxylic acids is 1. The summed E-state index contributed by atoms with van der Waals surface area (Å²) < 4.78 is 4.80. The van der Waals surface area contributed by atoms with Crippen LogP contribution in [0.15, 0.2) is 0 Å². The quantitative estimate of drug-likeness (QED) is 0.671. The van der Waals surface area contributed by atoms with Gasteiger partial charge in [0.05, 0.1) is 7.11 Å². The zero-order chi connectivity index (χ0) is 10.1. The number of esters is 1. The molecule has 3 heteroatoms. The van der Waals surface area contributed by atoms with Gasteiger partial charge in [-0.25, -0.2) is 0 Å². The van der Waals surface area contributed by atoms with Gasteiger partial charge >= 0.3 is 5.97 Å². The SMILES string of the molecule is COC(=O)C(C)(NC1CC1)C(C)C. The third-order valence-corrected chi connectivity index (χ3v) is 2.85. The average molecular weight is 185 g/mol. The zero-order valence-corrected chi connectivity index (χ0v) is 8.89. The Kier molecular flexibility index (Phi) is 2.96. The lowest BCUT2D eigenvalue weighted by atomic mass is 9.88. The lowest BCUT2D eigenvalue weighted by Crippen LogP contribution is -2.55. The van der Waals surface area contributed by atoms with E-state index in [4.69, 9.17) is 4.74 Å². The Morgan fingerprint density at radius 3 is 2.38 bits per heavy atom. The van der Waals surface area contributed by atoms with Gasteiger partial charge < -0.3 is 4.74 Å². The monoisotopic (exact) mass is 185 g/mol. The topological polar surface area (TPSA) is 38.3 Å². The molecule has 1 aliphatic carbocycles. The van der Waals surface area contributed by atoms with Crippen molar-refractivity contribution < 1.29 is 9.53 Å². The summed E-state index contributed by atoms with van der Waals surface area (Å²) in [6.45, 7) is 5.99. The highest BCUT2D eigenvalue weighted by molar-refractivity contribution is 5.80. The standard InChI is InChI=1S/C10H19NO2/c1-7(2)10(3,9(12)13-4)11-8-5-6-8/h7-8,11H,5-6H2,1-4H3. The van der Waals surface area contributed by atoms with Gasteiger partial charge in [-0.1, -0.05) is 13.8 Å². The van der Waals surface area contributed by atoms with E-state index in [1.165, 1.54) is 20.0 Å². The van der Waals surface area contributed by atoms with Crippen LogP contribution in [-0.2, 0) is 9.53 Å². The Morgan fingerprint density at radius 2 is 2.08 bits per heavy atom. The van der Waals surface area contributed by atoms with Crippen molar-refractivity contribution in [1.29, 1.82) is 0 Å². The maximum Gasteiger partial charge on any atom is 0.326 e. The van der Waals surface area contributed by atoms with Crippen LogP contribution >= 0.6 is 0 Å². The third-order valence-electron chi connectivity index (χ3n) is 2.85. The summed E-state index contributed by atoms with van der Waals surface area (Å²) >= 11 is 0. The fourth-order valence-electron chi connectivity index (χ4n) is 1.33. The highest BCUT2D eigenvalue weighted by Crippen LogP contribution is 2.27. The smallest absolute Gasteiger partial charge is 0.326 e. The van der Waals surface area contributed by atoms with Crippen LogP contribution in [0.25, 0.3) is 0 Å². The van der Waals surface area contributed by atoms with E-state index in [9.17, 15) is 4.79 Å². The van der Waals surface area contributed by atoms with Gasteiger partial charge in [-0.3, -0.25) is 10.1 Å². The van der Waals surface area contributed by atoms with Crippen LogP contribution in [0.5, 0.6) is 0 Å². The molecule has 3 nitrogen and oxygen atoms in total. The first-order chi connectivity index (χ1) is 6.00. The van der Waals surface area contributed by atoms with Crippen molar-refractivity contribution in [3.63, 3.8) is 0 Å². The minimum Gasteiger partial charge on any atom is -0.468 e. The number of nitrogens with one attached hydrogen (secondary N) is 1. The molecule has 0 radical (unpaired) electrons. The number of hydrogen-bond donors (Lipinski definition) is 1. The summed E-state index contributed by atoms with van der Waals surface area (Å²) in [5.74, 6) is 0.0925. The lowest BCUT2D eigenvalue weighted by molar-refractivity contribution is -0.150. The van der Waals surface area contributed by atoms with Crippen molar-refractivity contribution in [2.75, 3.05) is 7.11 Å². The van der Waals surface area contributed by atoms with Crippen molar-refractivity contribution in [2.45, 2.75) is 45.2 Å². The summed E-state index contributed by atoms with van der Waals surface area (Å²) in [5, 5.41) is 3.34. The van der Waals surface area contributed by atoms with Crippen molar-refractivity contribution in [3.05, 3.63) is 0 Å². The maximum absolute atomic E-state index is 11.6. The molecule has 0 aromatic rings. The summed E-state index contributed by atoms with van der Waals surface area (Å²) in [7, 11) is 1.44. The predicted molar refractivity (Wildman–Crippen MR) is 51.4 cm³/mol. The maximum atomic E-state index is 11.6. The fraction of sp³-hybridized carbons (Fsp3) is 0.900. The number of rotatable bonds is 4. The van der Waals surface area contributed by atoms with Gasteiger partial charge in [0.2, 0.25) is 0 Å². The van der Waals surface area contributed by atoms with E-state index in [0.29, 0.717) is 6.04 Å². The Morgan fingerprint density at radius 1 is 1.54 bits per heavy atom. The average Bonchev–Trinajstić information content (AvgIpc) is 2.86. The van der Waals surface area contributed by atoms with E-state index in [1.807, 2.05) is 20.8 Å². The second-order valence-corrected chi connectivity index (χ2v) is 4.27. The molecule has 1 N–H and O–H groups in total. The Labute approximate surface area is 79.8 Å². The van der Waals surface area contributed by atoms with Crippen LogP contribution in [0.4, 0.5) is 0 Å². The molecule has 1 rings (SSSR count). The molecular formula is C10H19NO2.